The second-order valence-corrected chi connectivity index (χ2v) is 7.77. The number of nitrogens with one attached hydrogen (secondary N) is 2. The number of fused-ring (bicyclic) bond motifs is 1. The number of aryl methyl sites for hydroxylation is 1. The van der Waals surface area contributed by atoms with Gasteiger partial charge in [0.1, 0.15) is 0 Å². The highest BCUT2D eigenvalue weighted by Gasteiger charge is 2.18. The van der Waals surface area contributed by atoms with Crippen molar-refractivity contribution in [3.05, 3.63) is 101 Å². The predicted molar refractivity (Wildman–Crippen MR) is 122 cm³/mol. The highest BCUT2D eigenvalue weighted by atomic mass is 35.5. The van der Waals surface area contributed by atoms with Crippen LogP contribution in [-0.4, -0.2) is 16.1 Å². The molecule has 5 heteroatoms. The monoisotopic (exact) mass is 418 g/mol. The molecule has 30 heavy (non-hydrogen) atoms. The smallest absolute Gasteiger partial charge is 0.303 e. The summed E-state index contributed by atoms with van der Waals surface area (Å²) in [7, 11) is 0. The molecule has 0 saturated carbocycles. The van der Waals surface area contributed by atoms with Crippen molar-refractivity contribution in [2.45, 2.75) is 25.3 Å². The summed E-state index contributed by atoms with van der Waals surface area (Å²) >= 11 is 6.78. The molecule has 3 N–H and O–H groups in total. The van der Waals surface area contributed by atoms with Gasteiger partial charge in [-0.2, -0.15) is 0 Å². The number of anilines is 1. The second kappa shape index (κ2) is 9.06. The van der Waals surface area contributed by atoms with Gasteiger partial charge >= 0.3 is 5.97 Å². The molecule has 0 amide bonds. The van der Waals surface area contributed by atoms with Crippen molar-refractivity contribution in [2.24, 2.45) is 0 Å². The number of hydrogen-bond donors (Lipinski definition) is 3. The maximum Gasteiger partial charge on any atom is 0.303 e. The number of halogens is 1. The third kappa shape index (κ3) is 4.66. The lowest BCUT2D eigenvalue weighted by molar-refractivity contribution is -0.136. The van der Waals surface area contributed by atoms with E-state index in [1.807, 2.05) is 54.7 Å². The van der Waals surface area contributed by atoms with E-state index in [1.165, 1.54) is 5.56 Å². The van der Waals surface area contributed by atoms with Gasteiger partial charge in [-0.1, -0.05) is 66.2 Å². The Balaban J connectivity index is 1.61. The van der Waals surface area contributed by atoms with E-state index >= 15 is 0 Å². The van der Waals surface area contributed by atoms with Crippen LogP contribution in [0.5, 0.6) is 0 Å². The van der Waals surface area contributed by atoms with Crippen molar-refractivity contribution >= 4 is 34.2 Å². The lowest BCUT2D eigenvalue weighted by Gasteiger charge is -2.22. The molecule has 0 aliphatic carbocycles. The van der Waals surface area contributed by atoms with E-state index in [0.717, 1.165) is 39.2 Å². The minimum absolute atomic E-state index is 0.0162. The lowest BCUT2D eigenvalue weighted by Crippen LogP contribution is -2.14. The number of benzene rings is 3. The quantitative estimate of drug-likeness (QED) is 0.317. The van der Waals surface area contributed by atoms with Crippen LogP contribution < -0.4 is 5.32 Å². The van der Waals surface area contributed by atoms with Crippen LogP contribution in [0.4, 0.5) is 5.69 Å². The number of carboxylic acid groups (broad SMARTS) is 1. The molecule has 0 bridgehead atoms. The van der Waals surface area contributed by atoms with Gasteiger partial charge in [-0.25, -0.2) is 0 Å². The first-order valence-electron chi connectivity index (χ1n) is 9.97. The first-order valence-corrected chi connectivity index (χ1v) is 10.3. The van der Waals surface area contributed by atoms with Gasteiger partial charge in [0.2, 0.25) is 0 Å². The molecule has 0 radical (unpaired) electrons. The van der Waals surface area contributed by atoms with Gasteiger partial charge in [0, 0.05) is 23.7 Å². The van der Waals surface area contributed by atoms with Crippen molar-refractivity contribution < 1.29 is 9.90 Å². The van der Waals surface area contributed by atoms with Gasteiger partial charge in [-0.3, -0.25) is 4.79 Å². The zero-order valence-electron chi connectivity index (χ0n) is 16.4. The number of rotatable bonds is 8. The van der Waals surface area contributed by atoms with E-state index in [9.17, 15) is 4.79 Å². The van der Waals surface area contributed by atoms with Crippen molar-refractivity contribution in [1.82, 2.24) is 4.98 Å². The minimum Gasteiger partial charge on any atom is -0.481 e. The molecule has 1 atom stereocenters. The predicted octanol–water partition coefficient (Wildman–Crippen LogP) is 6.23. The summed E-state index contributed by atoms with van der Waals surface area (Å²) in [5.74, 6) is -0.783. The average molecular weight is 419 g/mol. The molecule has 4 rings (SSSR count). The van der Waals surface area contributed by atoms with Crippen LogP contribution in [0.15, 0.2) is 79.0 Å². The molecule has 1 unspecified atom stereocenters. The van der Waals surface area contributed by atoms with E-state index in [4.69, 9.17) is 16.7 Å². The summed E-state index contributed by atoms with van der Waals surface area (Å²) in [5, 5.41) is 14.3. The summed E-state index contributed by atoms with van der Waals surface area (Å²) in [6, 6.07) is 24.4. The van der Waals surface area contributed by atoms with E-state index in [1.54, 1.807) is 0 Å². The van der Waals surface area contributed by atoms with Gasteiger partial charge in [0.15, 0.2) is 0 Å². The number of hydrogen-bond acceptors (Lipinski definition) is 2. The highest BCUT2D eigenvalue weighted by Crippen LogP contribution is 2.34. The van der Waals surface area contributed by atoms with Crippen LogP contribution in [0.2, 0.25) is 5.02 Å². The van der Waals surface area contributed by atoms with Gasteiger partial charge in [-0.05, 0) is 47.7 Å². The fourth-order valence-electron chi connectivity index (χ4n) is 3.69. The Hall–Kier alpha value is -3.24. The molecule has 0 saturated heterocycles. The number of aromatic nitrogens is 1. The van der Waals surface area contributed by atoms with Gasteiger partial charge in [-0.15, -0.1) is 0 Å². The van der Waals surface area contributed by atoms with E-state index in [-0.39, 0.29) is 12.5 Å². The molecule has 3 aromatic carbocycles. The number of carboxylic acids is 1. The summed E-state index contributed by atoms with van der Waals surface area (Å²) in [5.41, 5.74) is 5.17. The third-order valence-corrected chi connectivity index (χ3v) is 5.68. The molecule has 4 nitrogen and oxygen atoms in total. The van der Waals surface area contributed by atoms with E-state index < -0.39 is 5.97 Å². The maximum absolute atomic E-state index is 10.8. The fourth-order valence-corrected chi connectivity index (χ4v) is 4.04. The maximum atomic E-state index is 10.8. The Labute approximate surface area is 180 Å². The zero-order valence-corrected chi connectivity index (χ0v) is 17.2. The number of H-pyrrole nitrogens is 1. The van der Waals surface area contributed by atoms with Gasteiger partial charge < -0.3 is 15.4 Å². The van der Waals surface area contributed by atoms with Crippen molar-refractivity contribution in [3.63, 3.8) is 0 Å². The zero-order chi connectivity index (χ0) is 20.9. The number of aliphatic carboxylic acids is 1. The second-order valence-electron chi connectivity index (χ2n) is 7.39. The fraction of sp³-hybridized carbons (Fsp3) is 0.160. The Morgan fingerprint density at radius 3 is 2.47 bits per heavy atom. The largest absolute Gasteiger partial charge is 0.481 e. The molecule has 1 aromatic heterocycles. The Morgan fingerprint density at radius 1 is 0.967 bits per heavy atom. The SMILES string of the molecule is O=C(O)CCc1ccc(NC(Cc2ccccc2)c2ccc3cc[nH]c3c2Cl)cc1. The van der Waals surface area contributed by atoms with Crippen molar-refractivity contribution in [2.75, 3.05) is 5.32 Å². The van der Waals surface area contributed by atoms with Crippen LogP contribution in [-0.2, 0) is 17.6 Å². The molecule has 0 aliphatic heterocycles. The van der Waals surface area contributed by atoms with Crippen molar-refractivity contribution in [1.29, 1.82) is 0 Å². The van der Waals surface area contributed by atoms with Gasteiger partial charge in [0.05, 0.1) is 16.6 Å². The van der Waals surface area contributed by atoms with Crippen LogP contribution in [0.1, 0.15) is 29.2 Å². The molecule has 152 valence electrons. The molecule has 0 fully saturated rings. The highest BCUT2D eigenvalue weighted by molar-refractivity contribution is 6.36. The molecule has 0 spiro atoms. The summed E-state index contributed by atoms with van der Waals surface area (Å²) in [6.45, 7) is 0. The van der Waals surface area contributed by atoms with Crippen molar-refractivity contribution in [3.8, 4) is 0 Å². The third-order valence-electron chi connectivity index (χ3n) is 5.28. The first kappa shape index (κ1) is 20.0. The van der Waals surface area contributed by atoms with Crippen LogP contribution in [0, 0.1) is 0 Å². The van der Waals surface area contributed by atoms with Crippen LogP contribution >= 0.6 is 11.6 Å². The van der Waals surface area contributed by atoms with Crippen LogP contribution in [0.25, 0.3) is 10.9 Å². The Bertz CT molecular complexity index is 1140. The van der Waals surface area contributed by atoms with E-state index in [2.05, 4.69) is 34.6 Å². The molecular weight excluding hydrogens is 396 g/mol. The topological polar surface area (TPSA) is 65.1 Å². The minimum atomic E-state index is -0.783. The lowest BCUT2D eigenvalue weighted by atomic mass is 9.97. The summed E-state index contributed by atoms with van der Waals surface area (Å²) in [6.07, 6.45) is 3.34. The standard InChI is InChI=1S/C25H23ClN2O2/c26-24-21(12-9-19-14-15-27-25(19)24)22(16-18-4-2-1-3-5-18)28-20-10-6-17(7-11-20)8-13-23(29)30/h1-7,9-12,14-15,22,27-28H,8,13,16H2,(H,29,30). The summed E-state index contributed by atoms with van der Waals surface area (Å²) < 4.78 is 0. The molecule has 0 aliphatic rings. The van der Waals surface area contributed by atoms with E-state index in [0.29, 0.717) is 6.42 Å². The number of aromatic amines is 1. The number of carbonyl (C=O) groups is 1. The Morgan fingerprint density at radius 2 is 1.73 bits per heavy atom. The molecular formula is C25H23ClN2O2. The average Bonchev–Trinajstić information content (AvgIpc) is 3.24. The molecule has 1 heterocycles. The normalized spacial score (nSPS) is 12.0. The Kier molecular flexibility index (Phi) is 6.05. The van der Waals surface area contributed by atoms with Gasteiger partial charge in [0.25, 0.3) is 0 Å². The van der Waals surface area contributed by atoms with Crippen LogP contribution in [0.3, 0.4) is 0 Å². The molecule has 4 aromatic rings. The summed E-state index contributed by atoms with van der Waals surface area (Å²) in [4.78, 5) is 14.0. The first-order chi connectivity index (χ1) is 14.6.